The Bertz CT molecular complexity index is 404. The number of ether oxygens (including phenoxy) is 1. The maximum absolute atomic E-state index is 8.65. The van der Waals surface area contributed by atoms with Gasteiger partial charge in [0.25, 0.3) is 0 Å². The molecule has 1 rings (SSSR count). The van der Waals surface area contributed by atoms with Gasteiger partial charge in [0.05, 0.1) is 19.6 Å². The molecule has 0 bridgehead atoms. The van der Waals surface area contributed by atoms with E-state index in [1.54, 1.807) is 0 Å². The van der Waals surface area contributed by atoms with Crippen LogP contribution < -0.4 is 9.64 Å². The predicted octanol–water partition coefficient (Wildman–Crippen LogP) is 1.88. The first-order chi connectivity index (χ1) is 7.61. The van der Waals surface area contributed by atoms with Crippen LogP contribution in [0, 0.1) is 11.3 Å². The third kappa shape index (κ3) is 2.52. The average molecular weight is 241 g/mol. The van der Waals surface area contributed by atoms with Crippen LogP contribution in [0.3, 0.4) is 0 Å². The molecule has 0 spiro atoms. The van der Waals surface area contributed by atoms with Gasteiger partial charge in [-0.05, 0) is 6.92 Å². The summed E-state index contributed by atoms with van der Waals surface area (Å²) in [5.41, 5.74) is 0. The van der Waals surface area contributed by atoms with Gasteiger partial charge in [-0.3, -0.25) is 0 Å². The van der Waals surface area contributed by atoms with E-state index in [0.29, 0.717) is 18.0 Å². The molecule has 0 radical (unpaired) electrons. The van der Waals surface area contributed by atoms with Gasteiger partial charge in [0.15, 0.2) is 16.7 Å². The van der Waals surface area contributed by atoms with E-state index in [2.05, 4.69) is 16.0 Å². The van der Waals surface area contributed by atoms with Crippen LogP contribution in [0.15, 0.2) is 6.33 Å². The van der Waals surface area contributed by atoms with Crippen LogP contribution in [0.2, 0.25) is 5.15 Å². The number of anilines is 1. The van der Waals surface area contributed by atoms with Gasteiger partial charge in [0.2, 0.25) is 0 Å². The highest BCUT2D eigenvalue weighted by Gasteiger charge is 2.18. The molecule has 0 aliphatic rings. The van der Waals surface area contributed by atoms with Gasteiger partial charge in [-0.1, -0.05) is 11.6 Å². The molecule has 1 atom stereocenters. The van der Waals surface area contributed by atoms with Crippen molar-refractivity contribution in [3.63, 3.8) is 0 Å². The molecule has 0 aliphatic heterocycles. The number of hydrogen-bond donors (Lipinski definition) is 0. The van der Waals surface area contributed by atoms with E-state index in [-0.39, 0.29) is 11.2 Å². The van der Waals surface area contributed by atoms with Crippen molar-refractivity contribution < 1.29 is 4.74 Å². The number of aromatic nitrogens is 2. The Hall–Kier alpha value is -1.54. The van der Waals surface area contributed by atoms with Crippen LogP contribution in [0.5, 0.6) is 5.75 Å². The van der Waals surface area contributed by atoms with Crippen LogP contribution in [0.1, 0.15) is 13.3 Å². The molecular weight excluding hydrogens is 228 g/mol. The Balaban J connectivity index is 3.04. The molecule has 1 unspecified atom stereocenters. The molecule has 1 aromatic heterocycles. The Morgan fingerprint density at radius 2 is 2.31 bits per heavy atom. The number of halogens is 1. The Morgan fingerprint density at radius 1 is 1.62 bits per heavy atom. The Kier molecular flexibility index (Phi) is 4.32. The van der Waals surface area contributed by atoms with Crippen LogP contribution in [-0.2, 0) is 0 Å². The summed E-state index contributed by atoms with van der Waals surface area (Å²) in [4.78, 5) is 9.79. The maximum atomic E-state index is 8.65. The summed E-state index contributed by atoms with van der Waals surface area (Å²) >= 11 is 5.89. The molecule has 0 aromatic carbocycles. The zero-order chi connectivity index (χ0) is 12.1. The van der Waals surface area contributed by atoms with Crippen molar-refractivity contribution in [2.45, 2.75) is 19.4 Å². The van der Waals surface area contributed by atoms with Crippen molar-refractivity contribution in [2.75, 3.05) is 19.1 Å². The molecule has 0 N–H and O–H groups in total. The number of nitriles is 1. The van der Waals surface area contributed by atoms with E-state index in [9.17, 15) is 0 Å². The summed E-state index contributed by atoms with van der Waals surface area (Å²) in [5.74, 6) is 1.02. The maximum Gasteiger partial charge on any atom is 0.199 e. The van der Waals surface area contributed by atoms with Gasteiger partial charge >= 0.3 is 0 Å². The summed E-state index contributed by atoms with van der Waals surface area (Å²) in [5, 5.41) is 8.91. The zero-order valence-corrected chi connectivity index (χ0v) is 10.2. The minimum Gasteiger partial charge on any atom is -0.490 e. The zero-order valence-electron chi connectivity index (χ0n) is 9.44. The summed E-state index contributed by atoms with van der Waals surface area (Å²) in [7, 11) is 3.35. The molecule has 1 heterocycles. The first-order valence-corrected chi connectivity index (χ1v) is 5.13. The lowest BCUT2D eigenvalue weighted by Crippen LogP contribution is -2.29. The molecule has 0 saturated carbocycles. The summed E-state index contributed by atoms with van der Waals surface area (Å²) in [6.07, 6.45) is 1.77. The molecule has 0 amide bonds. The van der Waals surface area contributed by atoms with Gasteiger partial charge < -0.3 is 9.64 Å². The molecule has 16 heavy (non-hydrogen) atoms. The highest BCUT2D eigenvalue weighted by molar-refractivity contribution is 6.31. The molecule has 1 aromatic rings. The minimum absolute atomic E-state index is 0.0323. The van der Waals surface area contributed by atoms with Gasteiger partial charge in [-0.15, -0.1) is 0 Å². The number of rotatable bonds is 4. The van der Waals surface area contributed by atoms with Crippen molar-refractivity contribution in [1.82, 2.24) is 9.97 Å². The monoisotopic (exact) mass is 240 g/mol. The fourth-order valence-corrected chi connectivity index (χ4v) is 1.45. The standard InChI is InChI=1S/C10H13ClN4O/c1-7(4-5-12)15(2)10-8(16-3)9(11)13-6-14-10/h6-7H,4H2,1-3H3. The van der Waals surface area contributed by atoms with Gasteiger partial charge in [0, 0.05) is 13.1 Å². The summed E-state index contributed by atoms with van der Waals surface area (Å²) in [6, 6.07) is 2.14. The second-order valence-corrected chi connectivity index (χ2v) is 3.70. The van der Waals surface area contributed by atoms with E-state index in [1.807, 2.05) is 18.9 Å². The number of nitrogens with zero attached hydrogens (tertiary/aromatic N) is 4. The highest BCUT2D eigenvalue weighted by atomic mass is 35.5. The van der Waals surface area contributed by atoms with Crippen molar-refractivity contribution in [2.24, 2.45) is 0 Å². The molecule has 0 aliphatic carbocycles. The Morgan fingerprint density at radius 3 is 2.88 bits per heavy atom. The van der Waals surface area contributed by atoms with E-state index < -0.39 is 0 Å². The van der Waals surface area contributed by atoms with Gasteiger partial charge in [-0.25, -0.2) is 9.97 Å². The molecule has 0 saturated heterocycles. The first-order valence-electron chi connectivity index (χ1n) is 4.76. The van der Waals surface area contributed by atoms with E-state index in [4.69, 9.17) is 21.6 Å². The van der Waals surface area contributed by atoms with E-state index >= 15 is 0 Å². The third-order valence-electron chi connectivity index (χ3n) is 2.33. The number of methoxy groups -OCH3 is 1. The Labute approximate surface area is 99.6 Å². The van der Waals surface area contributed by atoms with Gasteiger partial charge in [0.1, 0.15) is 6.33 Å². The van der Waals surface area contributed by atoms with Crippen LogP contribution in [0.4, 0.5) is 5.82 Å². The SMILES string of the molecule is COc1c(Cl)ncnc1N(C)C(C)CC#N. The second kappa shape index (κ2) is 5.52. The normalized spacial score (nSPS) is 11.7. The van der Waals surface area contributed by atoms with Crippen LogP contribution in [0.25, 0.3) is 0 Å². The fraction of sp³-hybridized carbons (Fsp3) is 0.500. The lowest BCUT2D eigenvalue weighted by Gasteiger charge is -2.25. The number of hydrogen-bond acceptors (Lipinski definition) is 5. The van der Waals surface area contributed by atoms with E-state index in [1.165, 1.54) is 13.4 Å². The predicted molar refractivity (Wildman–Crippen MR) is 61.7 cm³/mol. The fourth-order valence-electron chi connectivity index (χ4n) is 1.25. The average Bonchev–Trinajstić information content (AvgIpc) is 2.28. The lowest BCUT2D eigenvalue weighted by atomic mass is 10.2. The van der Waals surface area contributed by atoms with Crippen molar-refractivity contribution >= 4 is 17.4 Å². The summed E-state index contributed by atoms with van der Waals surface area (Å²) < 4.78 is 5.14. The molecular formula is C10H13ClN4O. The molecule has 86 valence electrons. The largest absolute Gasteiger partial charge is 0.490 e. The quantitative estimate of drug-likeness (QED) is 0.752. The van der Waals surface area contributed by atoms with Crippen LogP contribution in [-0.4, -0.2) is 30.2 Å². The highest BCUT2D eigenvalue weighted by Crippen LogP contribution is 2.31. The summed E-state index contributed by atoms with van der Waals surface area (Å²) in [6.45, 7) is 1.93. The molecule has 5 nitrogen and oxygen atoms in total. The molecule has 0 fully saturated rings. The second-order valence-electron chi connectivity index (χ2n) is 3.34. The van der Waals surface area contributed by atoms with Crippen LogP contribution >= 0.6 is 11.6 Å². The molecule has 6 heteroatoms. The third-order valence-corrected chi connectivity index (χ3v) is 2.60. The minimum atomic E-state index is 0.0323. The van der Waals surface area contributed by atoms with E-state index in [0.717, 1.165) is 0 Å². The smallest absolute Gasteiger partial charge is 0.199 e. The lowest BCUT2D eigenvalue weighted by molar-refractivity contribution is 0.410. The first kappa shape index (κ1) is 12.5. The van der Waals surface area contributed by atoms with Crippen molar-refractivity contribution in [3.8, 4) is 11.8 Å². The van der Waals surface area contributed by atoms with Crippen molar-refractivity contribution in [3.05, 3.63) is 11.5 Å². The topological polar surface area (TPSA) is 62.0 Å². The van der Waals surface area contributed by atoms with Gasteiger partial charge in [-0.2, -0.15) is 5.26 Å². The van der Waals surface area contributed by atoms with Crippen molar-refractivity contribution in [1.29, 1.82) is 5.26 Å².